The van der Waals surface area contributed by atoms with Gasteiger partial charge in [0.05, 0.1) is 5.56 Å². The topological polar surface area (TPSA) is 40.6 Å². The molecule has 1 saturated heterocycles. The first-order chi connectivity index (χ1) is 15.5. The van der Waals surface area contributed by atoms with E-state index in [1.165, 1.54) is 17.2 Å². The van der Waals surface area contributed by atoms with Crippen LogP contribution in [-0.4, -0.2) is 47.3 Å². The Kier molecular flexibility index (Phi) is 6.87. The van der Waals surface area contributed by atoms with Crippen molar-refractivity contribution in [2.75, 3.05) is 19.6 Å². The van der Waals surface area contributed by atoms with Gasteiger partial charge < -0.3 is 9.80 Å². The Hall–Kier alpha value is -2.76. The molecule has 0 spiro atoms. The van der Waals surface area contributed by atoms with Crippen LogP contribution >= 0.6 is 0 Å². The van der Waals surface area contributed by atoms with Gasteiger partial charge in [-0.3, -0.25) is 9.59 Å². The Morgan fingerprint density at radius 2 is 1.75 bits per heavy atom. The molecular weight excluding hydrogens is 410 g/mol. The zero-order valence-corrected chi connectivity index (χ0v) is 18.5. The summed E-state index contributed by atoms with van der Waals surface area (Å²) in [6.07, 6.45) is 4.90. The van der Waals surface area contributed by atoms with E-state index in [0.717, 1.165) is 44.4 Å². The van der Waals surface area contributed by atoms with Crippen LogP contribution in [-0.2, 0) is 17.6 Å². The number of likely N-dealkylation sites (tertiary alicyclic amines) is 1. The molecule has 4 rings (SSSR count). The third kappa shape index (κ3) is 4.69. The Bertz CT molecular complexity index is 986. The van der Waals surface area contributed by atoms with Crippen molar-refractivity contribution in [2.24, 2.45) is 5.92 Å². The molecule has 6 heteroatoms. The van der Waals surface area contributed by atoms with Crippen molar-refractivity contribution < 1.29 is 18.4 Å². The first kappa shape index (κ1) is 22.4. The molecule has 0 bridgehead atoms. The first-order valence-corrected chi connectivity index (χ1v) is 11.6. The van der Waals surface area contributed by atoms with Crippen LogP contribution in [0, 0.1) is 17.6 Å². The lowest BCUT2D eigenvalue weighted by Crippen LogP contribution is -2.49. The standard InChI is InChI=1S/C26H30F2N2O2/c1-2-13-30(22-9-7-18-5-3-4-6-20(18)16-22)25(31)19-11-14-29(15-12-19)26(32)23-10-8-21(27)17-24(23)28/h3-6,8,10,17,19,22H,2,7,9,11-16H2,1H3. The normalized spacial score (nSPS) is 18.8. The van der Waals surface area contributed by atoms with Crippen LogP contribution in [0.2, 0.25) is 0 Å². The third-order valence-corrected chi connectivity index (χ3v) is 6.80. The summed E-state index contributed by atoms with van der Waals surface area (Å²) < 4.78 is 27.2. The zero-order valence-electron chi connectivity index (χ0n) is 18.5. The highest BCUT2D eigenvalue weighted by Crippen LogP contribution is 2.28. The summed E-state index contributed by atoms with van der Waals surface area (Å²) in [7, 11) is 0. The van der Waals surface area contributed by atoms with Gasteiger partial charge in [0.25, 0.3) is 5.91 Å². The lowest BCUT2D eigenvalue weighted by molar-refractivity contribution is -0.139. The van der Waals surface area contributed by atoms with Gasteiger partial charge in [-0.05, 0) is 61.8 Å². The van der Waals surface area contributed by atoms with Crippen LogP contribution in [0.1, 0.15) is 54.1 Å². The number of nitrogens with zero attached hydrogens (tertiary/aromatic N) is 2. The number of amides is 2. The summed E-state index contributed by atoms with van der Waals surface area (Å²) in [5.74, 6) is -1.94. The van der Waals surface area contributed by atoms with Crippen LogP contribution in [0.25, 0.3) is 0 Å². The van der Waals surface area contributed by atoms with Gasteiger partial charge >= 0.3 is 0 Å². The lowest BCUT2D eigenvalue weighted by Gasteiger charge is -2.39. The van der Waals surface area contributed by atoms with Crippen molar-refractivity contribution in [1.82, 2.24) is 9.80 Å². The number of hydrogen-bond acceptors (Lipinski definition) is 2. The predicted octanol–water partition coefficient (Wildman–Crippen LogP) is 4.61. The van der Waals surface area contributed by atoms with Crippen LogP contribution in [0.5, 0.6) is 0 Å². The van der Waals surface area contributed by atoms with Gasteiger partial charge in [-0.1, -0.05) is 31.2 Å². The number of hydrogen-bond donors (Lipinski definition) is 0. The van der Waals surface area contributed by atoms with E-state index < -0.39 is 17.5 Å². The van der Waals surface area contributed by atoms with E-state index in [2.05, 4.69) is 36.1 Å². The van der Waals surface area contributed by atoms with Gasteiger partial charge in [0.2, 0.25) is 5.91 Å². The van der Waals surface area contributed by atoms with Crippen LogP contribution in [0.4, 0.5) is 8.78 Å². The number of aryl methyl sites for hydroxylation is 1. The molecule has 1 aliphatic carbocycles. The number of halogens is 2. The molecule has 2 amide bonds. The minimum absolute atomic E-state index is 0.121. The maximum absolute atomic E-state index is 14.0. The largest absolute Gasteiger partial charge is 0.339 e. The molecule has 2 aromatic carbocycles. The quantitative estimate of drug-likeness (QED) is 0.681. The maximum atomic E-state index is 14.0. The summed E-state index contributed by atoms with van der Waals surface area (Å²) in [5, 5.41) is 0. The minimum Gasteiger partial charge on any atom is -0.339 e. The second-order valence-corrected chi connectivity index (χ2v) is 8.89. The molecule has 1 unspecified atom stereocenters. The summed E-state index contributed by atoms with van der Waals surface area (Å²) in [5.41, 5.74) is 2.59. The van der Waals surface area contributed by atoms with Gasteiger partial charge in [0.1, 0.15) is 11.6 Å². The monoisotopic (exact) mass is 440 g/mol. The molecule has 0 saturated carbocycles. The Balaban J connectivity index is 1.39. The highest BCUT2D eigenvalue weighted by molar-refractivity contribution is 5.94. The number of rotatable bonds is 5. The molecule has 0 radical (unpaired) electrons. The van der Waals surface area contributed by atoms with Crippen molar-refractivity contribution in [3.8, 4) is 0 Å². The number of carbonyl (C=O) groups is 2. The zero-order chi connectivity index (χ0) is 22.7. The molecule has 1 fully saturated rings. The van der Waals surface area contributed by atoms with Crippen molar-refractivity contribution >= 4 is 11.8 Å². The number of fused-ring (bicyclic) bond motifs is 1. The van der Waals surface area contributed by atoms with Crippen molar-refractivity contribution in [1.29, 1.82) is 0 Å². The van der Waals surface area contributed by atoms with Crippen molar-refractivity contribution in [3.05, 3.63) is 70.8 Å². The fourth-order valence-electron chi connectivity index (χ4n) is 5.06. The Morgan fingerprint density at radius 1 is 1.03 bits per heavy atom. The first-order valence-electron chi connectivity index (χ1n) is 11.6. The molecule has 32 heavy (non-hydrogen) atoms. The van der Waals surface area contributed by atoms with Crippen LogP contribution in [0.3, 0.4) is 0 Å². The highest BCUT2D eigenvalue weighted by atomic mass is 19.1. The van der Waals surface area contributed by atoms with Crippen LogP contribution in [0.15, 0.2) is 42.5 Å². The maximum Gasteiger partial charge on any atom is 0.256 e. The Labute approximate surface area is 188 Å². The van der Waals surface area contributed by atoms with Gasteiger partial charge in [0.15, 0.2) is 0 Å². The highest BCUT2D eigenvalue weighted by Gasteiger charge is 2.34. The minimum atomic E-state index is -0.847. The van der Waals surface area contributed by atoms with E-state index in [9.17, 15) is 18.4 Å². The van der Waals surface area contributed by atoms with Crippen molar-refractivity contribution in [3.63, 3.8) is 0 Å². The van der Waals surface area contributed by atoms with Crippen molar-refractivity contribution in [2.45, 2.75) is 51.5 Å². The molecule has 1 aliphatic heterocycles. The van der Waals surface area contributed by atoms with E-state index in [-0.39, 0.29) is 23.4 Å². The molecular formula is C26H30F2N2O2. The summed E-state index contributed by atoms with van der Waals surface area (Å²) in [4.78, 5) is 29.8. The Morgan fingerprint density at radius 3 is 2.44 bits per heavy atom. The van der Waals surface area contributed by atoms with E-state index in [1.54, 1.807) is 4.90 Å². The number of benzene rings is 2. The second kappa shape index (κ2) is 9.80. The predicted molar refractivity (Wildman–Crippen MR) is 119 cm³/mol. The summed E-state index contributed by atoms with van der Waals surface area (Å²) in [6.45, 7) is 3.64. The molecule has 170 valence electrons. The second-order valence-electron chi connectivity index (χ2n) is 8.89. The lowest BCUT2D eigenvalue weighted by atomic mass is 9.86. The fourth-order valence-corrected chi connectivity index (χ4v) is 5.06. The van der Waals surface area contributed by atoms with E-state index >= 15 is 0 Å². The van der Waals surface area contributed by atoms with Crippen LogP contribution < -0.4 is 0 Å². The smallest absolute Gasteiger partial charge is 0.256 e. The molecule has 0 aromatic heterocycles. The average Bonchev–Trinajstić information content (AvgIpc) is 2.81. The molecule has 1 atom stereocenters. The van der Waals surface area contributed by atoms with E-state index in [1.807, 2.05) is 0 Å². The molecule has 2 aromatic rings. The third-order valence-electron chi connectivity index (χ3n) is 6.80. The number of piperidine rings is 1. The van der Waals surface area contributed by atoms with E-state index in [4.69, 9.17) is 0 Å². The molecule has 2 aliphatic rings. The molecule has 1 heterocycles. The SMILES string of the molecule is CCCN(C(=O)C1CCN(C(=O)c2ccc(F)cc2F)CC1)C1CCc2ccccc2C1. The van der Waals surface area contributed by atoms with Gasteiger partial charge in [-0.2, -0.15) is 0 Å². The summed E-state index contributed by atoms with van der Waals surface area (Å²) in [6, 6.07) is 11.7. The van der Waals surface area contributed by atoms with Gasteiger partial charge in [0, 0.05) is 37.7 Å². The average molecular weight is 441 g/mol. The van der Waals surface area contributed by atoms with Gasteiger partial charge in [-0.15, -0.1) is 0 Å². The fraction of sp³-hybridized carbons (Fsp3) is 0.462. The number of carbonyl (C=O) groups excluding carboxylic acids is 2. The molecule has 0 N–H and O–H groups in total. The molecule has 4 nitrogen and oxygen atoms in total. The van der Waals surface area contributed by atoms with E-state index in [0.29, 0.717) is 25.9 Å². The van der Waals surface area contributed by atoms with Gasteiger partial charge in [-0.25, -0.2) is 8.78 Å². The summed E-state index contributed by atoms with van der Waals surface area (Å²) >= 11 is 0.